The molecule has 0 aliphatic carbocycles. The van der Waals surface area contributed by atoms with Crippen LogP contribution in [0.15, 0.2) is 66.7 Å². The third kappa shape index (κ3) is 13.3. The number of nitrogens with one attached hydrogen (secondary N) is 1. The summed E-state index contributed by atoms with van der Waals surface area (Å²) in [5.74, 6) is 0.126. The number of anilines is 1. The van der Waals surface area contributed by atoms with Gasteiger partial charge >= 0.3 is 0 Å². The lowest BCUT2D eigenvalue weighted by Gasteiger charge is -2.37. The number of piperazine rings is 1. The summed E-state index contributed by atoms with van der Waals surface area (Å²) in [6, 6.07) is 22.0. The van der Waals surface area contributed by atoms with Crippen molar-refractivity contribution >= 4 is 41.2 Å². The Kier molecular flexibility index (Phi) is 16.9. The Balaban J connectivity index is 0.000000429. The number of benzene rings is 3. The molecule has 3 aromatic carbocycles. The summed E-state index contributed by atoms with van der Waals surface area (Å²) < 4.78 is 0. The third-order valence-electron chi connectivity index (χ3n) is 7.14. The van der Waals surface area contributed by atoms with Gasteiger partial charge in [0.2, 0.25) is 6.41 Å². The third-order valence-corrected chi connectivity index (χ3v) is 7.90. The van der Waals surface area contributed by atoms with Crippen molar-refractivity contribution in [3.8, 4) is 0 Å². The molecule has 1 aliphatic heterocycles. The summed E-state index contributed by atoms with van der Waals surface area (Å²) in [4.78, 5) is 30.5. The molecule has 1 fully saturated rings. The van der Waals surface area contributed by atoms with E-state index in [-0.39, 0.29) is 5.91 Å². The van der Waals surface area contributed by atoms with Crippen LogP contribution in [0.3, 0.4) is 0 Å². The Bertz CT molecular complexity index is 1250. The van der Waals surface area contributed by atoms with E-state index < -0.39 is 0 Å². The standard InChI is InChI=1S/C26H38N4O.C6H4Cl2.C3H7NO/c1-21-17-22(2)19-24(18-21)26(31)28(4)11-7-8-12-29-13-15-30(16-14-29)25-10-6-5-9-23(25)20-27-3;7-5-3-1-2-4-6(5)8;1-4(2)3-5/h5-6,9-10,17-19,27H,7-8,11-16,20H2,1-4H3;1-4H;3H,1-2H3. The molecule has 9 heteroatoms. The molecule has 0 bridgehead atoms. The summed E-state index contributed by atoms with van der Waals surface area (Å²) in [6.45, 7) is 11.3. The highest BCUT2D eigenvalue weighted by Crippen LogP contribution is 2.22. The van der Waals surface area contributed by atoms with Crippen LogP contribution in [0.4, 0.5) is 5.69 Å². The minimum Gasteiger partial charge on any atom is -0.369 e. The van der Waals surface area contributed by atoms with Crippen molar-refractivity contribution in [2.75, 3.05) is 72.4 Å². The molecule has 1 saturated heterocycles. The lowest BCUT2D eigenvalue weighted by atomic mass is 10.1. The first kappa shape index (κ1) is 37.1. The van der Waals surface area contributed by atoms with Gasteiger partial charge in [0.25, 0.3) is 5.91 Å². The quantitative estimate of drug-likeness (QED) is 0.205. The fourth-order valence-electron chi connectivity index (χ4n) is 4.92. The van der Waals surface area contributed by atoms with Crippen molar-refractivity contribution in [3.05, 3.63) is 99.0 Å². The number of unbranched alkanes of at least 4 members (excludes halogenated alkanes) is 1. The van der Waals surface area contributed by atoms with Crippen LogP contribution in [-0.4, -0.2) is 94.5 Å². The average molecular weight is 643 g/mol. The normalized spacial score (nSPS) is 12.8. The van der Waals surface area contributed by atoms with Crippen LogP contribution in [0.25, 0.3) is 0 Å². The molecule has 3 aromatic rings. The largest absolute Gasteiger partial charge is 0.369 e. The number of carbonyl (C=O) groups excluding carboxylic acids is 2. The Labute approximate surface area is 274 Å². The van der Waals surface area contributed by atoms with E-state index in [9.17, 15) is 9.59 Å². The maximum atomic E-state index is 12.7. The number of para-hydroxylation sites is 1. The zero-order valence-corrected chi connectivity index (χ0v) is 28.7. The van der Waals surface area contributed by atoms with Gasteiger partial charge < -0.3 is 20.0 Å². The van der Waals surface area contributed by atoms with Crippen LogP contribution in [0.5, 0.6) is 0 Å². The van der Waals surface area contributed by atoms with E-state index in [1.807, 2.05) is 57.1 Å². The Morgan fingerprint density at radius 2 is 1.41 bits per heavy atom. The summed E-state index contributed by atoms with van der Waals surface area (Å²) in [5, 5.41) is 4.49. The SMILES string of the molecule is CN(C)C=O.CNCc1ccccc1N1CCN(CCCCN(C)C(=O)c2cc(C)cc(C)c2)CC1.Clc1ccccc1Cl. The maximum Gasteiger partial charge on any atom is 0.253 e. The molecule has 0 unspecified atom stereocenters. The molecule has 1 N–H and O–H groups in total. The smallest absolute Gasteiger partial charge is 0.253 e. The molecule has 0 radical (unpaired) electrons. The van der Waals surface area contributed by atoms with Crippen LogP contribution >= 0.6 is 23.2 Å². The van der Waals surface area contributed by atoms with Gasteiger partial charge in [0.05, 0.1) is 10.0 Å². The van der Waals surface area contributed by atoms with E-state index in [2.05, 4.69) is 45.4 Å². The molecule has 0 saturated carbocycles. The number of hydrogen-bond donors (Lipinski definition) is 1. The summed E-state index contributed by atoms with van der Waals surface area (Å²) in [7, 11) is 7.29. The van der Waals surface area contributed by atoms with Crippen molar-refractivity contribution in [2.45, 2.75) is 33.2 Å². The molecule has 1 aliphatic rings. The second-order valence-electron chi connectivity index (χ2n) is 11.3. The molecule has 0 atom stereocenters. The van der Waals surface area contributed by atoms with Crippen LogP contribution in [-0.2, 0) is 11.3 Å². The lowest BCUT2D eigenvalue weighted by molar-refractivity contribution is -0.115. The number of rotatable bonds is 10. The van der Waals surface area contributed by atoms with E-state index in [4.69, 9.17) is 23.2 Å². The highest BCUT2D eigenvalue weighted by Gasteiger charge is 2.19. The molecule has 7 nitrogen and oxygen atoms in total. The van der Waals surface area contributed by atoms with Crippen molar-refractivity contribution in [3.63, 3.8) is 0 Å². The number of aryl methyl sites for hydroxylation is 2. The Hall–Kier alpha value is -3.10. The fourth-order valence-corrected chi connectivity index (χ4v) is 5.19. The molecular weight excluding hydrogens is 593 g/mol. The van der Waals surface area contributed by atoms with Crippen LogP contribution in [0.2, 0.25) is 10.0 Å². The van der Waals surface area contributed by atoms with E-state index in [1.54, 1.807) is 26.2 Å². The molecule has 0 spiro atoms. The number of hydrogen-bond acceptors (Lipinski definition) is 5. The molecule has 4 rings (SSSR count). The highest BCUT2D eigenvalue weighted by molar-refractivity contribution is 6.41. The van der Waals surface area contributed by atoms with Crippen LogP contribution in [0, 0.1) is 13.8 Å². The van der Waals surface area contributed by atoms with Crippen LogP contribution < -0.4 is 10.2 Å². The number of halogens is 2. The summed E-state index contributed by atoms with van der Waals surface area (Å²) in [5.41, 5.74) is 5.82. The van der Waals surface area contributed by atoms with Gasteiger partial charge in [-0.15, -0.1) is 0 Å². The Morgan fingerprint density at radius 3 is 1.93 bits per heavy atom. The molecular formula is C35H49Cl2N5O2. The second-order valence-corrected chi connectivity index (χ2v) is 12.1. The molecule has 44 heavy (non-hydrogen) atoms. The predicted molar refractivity (Wildman–Crippen MR) is 186 cm³/mol. The number of carbonyl (C=O) groups is 2. The maximum absolute atomic E-state index is 12.7. The van der Waals surface area contributed by atoms with Gasteiger partial charge in [0.15, 0.2) is 0 Å². The first-order valence-electron chi connectivity index (χ1n) is 15.1. The minimum atomic E-state index is 0.126. The van der Waals surface area contributed by atoms with E-state index >= 15 is 0 Å². The fraction of sp³-hybridized carbons (Fsp3) is 0.429. The highest BCUT2D eigenvalue weighted by atomic mass is 35.5. The summed E-state index contributed by atoms with van der Waals surface area (Å²) in [6.07, 6.45) is 2.92. The zero-order chi connectivity index (χ0) is 32.5. The molecule has 240 valence electrons. The number of nitrogens with zero attached hydrogens (tertiary/aromatic N) is 4. The van der Waals surface area contributed by atoms with Gasteiger partial charge in [0, 0.05) is 71.7 Å². The molecule has 0 aromatic heterocycles. The van der Waals surface area contributed by atoms with Crippen molar-refractivity contribution in [2.24, 2.45) is 0 Å². The number of amides is 2. The van der Waals surface area contributed by atoms with Gasteiger partial charge in [-0.3, -0.25) is 14.5 Å². The molecule has 1 heterocycles. The van der Waals surface area contributed by atoms with Crippen LogP contribution in [0.1, 0.15) is 39.9 Å². The lowest BCUT2D eigenvalue weighted by Crippen LogP contribution is -2.47. The van der Waals surface area contributed by atoms with E-state index in [0.29, 0.717) is 10.0 Å². The van der Waals surface area contributed by atoms with Gasteiger partial charge in [0.1, 0.15) is 0 Å². The van der Waals surface area contributed by atoms with Crippen molar-refractivity contribution < 1.29 is 9.59 Å². The van der Waals surface area contributed by atoms with Crippen molar-refractivity contribution in [1.82, 2.24) is 20.0 Å². The topological polar surface area (TPSA) is 59.1 Å². The predicted octanol–water partition coefficient (Wildman–Crippen LogP) is 6.40. The first-order valence-corrected chi connectivity index (χ1v) is 15.9. The van der Waals surface area contributed by atoms with E-state index in [0.717, 1.165) is 81.8 Å². The monoisotopic (exact) mass is 641 g/mol. The van der Waals surface area contributed by atoms with Gasteiger partial charge in [-0.2, -0.15) is 0 Å². The molecule has 2 amide bonds. The van der Waals surface area contributed by atoms with Gasteiger partial charge in [-0.25, -0.2) is 0 Å². The van der Waals surface area contributed by atoms with Gasteiger partial charge in [-0.05, 0) is 76.2 Å². The Morgan fingerprint density at radius 1 is 0.864 bits per heavy atom. The van der Waals surface area contributed by atoms with Crippen molar-refractivity contribution in [1.29, 1.82) is 0 Å². The van der Waals surface area contributed by atoms with Gasteiger partial charge in [-0.1, -0.05) is 70.7 Å². The zero-order valence-electron chi connectivity index (χ0n) is 27.2. The minimum absolute atomic E-state index is 0.126. The average Bonchev–Trinajstić information content (AvgIpc) is 3.01. The second kappa shape index (κ2) is 20.0. The van der Waals surface area contributed by atoms with E-state index in [1.165, 1.54) is 16.2 Å². The summed E-state index contributed by atoms with van der Waals surface area (Å²) >= 11 is 11.2. The first-order chi connectivity index (χ1) is 21.0.